The standard InChI is InChI=1S/C25H26Cl2FN5O6/c1-25(2,3)39-24(34)32-9-7-13(8-10-32)38-19-11-14-17(12-18(19)37-4)30-23(33(35)36)31-22(14)29-16-6-5-15(26)20(27)21(16)28/h5-6,11-13H,7-10H2,1-4H3,(H,29,30,31). The number of nitrogens with one attached hydrogen (secondary N) is 1. The monoisotopic (exact) mass is 581 g/mol. The van der Waals surface area contributed by atoms with Crippen molar-refractivity contribution in [2.45, 2.75) is 45.3 Å². The van der Waals surface area contributed by atoms with Gasteiger partial charge in [-0.3, -0.25) is 0 Å². The number of likely N-dealkylation sites (tertiary alicyclic amines) is 1. The van der Waals surface area contributed by atoms with E-state index in [4.69, 9.17) is 37.4 Å². The predicted octanol–water partition coefficient (Wildman–Crippen LogP) is 6.51. The molecule has 0 saturated carbocycles. The number of methoxy groups -OCH3 is 1. The molecule has 1 aliphatic heterocycles. The molecule has 1 aromatic heterocycles. The molecule has 3 aromatic rings. The molecule has 1 fully saturated rings. The first-order valence-electron chi connectivity index (χ1n) is 12.0. The first-order valence-corrected chi connectivity index (χ1v) is 12.7. The summed E-state index contributed by atoms with van der Waals surface area (Å²) in [7, 11) is 1.43. The Bertz CT molecular complexity index is 1430. The second-order valence-electron chi connectivity index (χ2n) is 9.78. The Labute approximate surface area is 233 Å². The van der Waals surface area contributed by atoms with E-state index in [-0.39, 0.29) is 45.0 Å². The lowest BCUT2D eigenvalue weighted by molar-refractivity contribution is -0.394. The summed E-state index contributed by atoms with van der Waals surface area (Å²) in [5.41, 5.74) is -0.512. The maximum Gasteiger partial charge on any atom is 0.471 e. The smallest absolute Gasteiger partial charge is 0.471 e. The second kappa shape index (κ2) is 11.2. The normalized spacial score (nSPS) is 14.3. The molecule has 1 saturated heterocycles. The SMILES string of the molecule is COc1cc2nc([N+](=O)[O-])nc(Nc3ccc(Cl)c(Cl)c3F)c2cc1OC1CCN(C(=O)OC(C)(C)C)CC1. The van der Waals surface area contributed by atoms with Gasteiger partial charge in [-0.25, -0.2) is 9.18 Å². The van der Waals surface area contributed by atoms with Crippen molar-refractivity contribution in [2.75, 3.05) is 25.5 Å². The molecular formula is C25H26Cl2FN5O6. The number of aromatic nitrogens is 2. The van der Waals surface area contributed by atoms with Crippen LogP contribution in [-0.4, -0.2) is 57.8 Å². The largest absolute Gasteiger partial charge is 0.493 e. The zero-order chi connectivity index (χ0) is 28.5. The maximum absolute atomic E-state index is 14.8. The molecule has 208 valence electrons. The molecule has 0 radical (unpaired) electrons. The minimum absolute atomic E-state index is 0.0105. The lowest BCUT2D eigenvalue weighted by Gasteiger charge is -2.33. The average Bonchev–Trinajstić information content (AvgIpc) is 2.88. The summed E-state index contributed by atoms with van der Waals surface area (Å²) in [6, 6.07) is 5.76. The van der Waals surface area contributed by atoms with E-state index < -0.39 is 22.3 Å². The number of nitro groups is 1. The van der Waals surface area contributed by atoms with Gasteiger partial charge in [0, 0.05) is 38.1 Å². The molecule has 1 amide bonds. The molecule has 39 heavy (non-hydrogen) atoms. The Kier molecular flexibility index (Phi) is 8.17. The van der Waals surface area contributed by atoms with Gasteiger partial charge < -0.3 is 34.5 Å². The third kappa shape index (κ3) is 6.51. The van der Waals surface area contributed by atoms with Crippen molar-refractivity contribution in [3.05, 3.63) is 50.2 Å². The number of ether oxygens (including phenoxy) is 3. The Morgan fingerprint density at radius 2 is 1.87 bits per heavy atom. The molecule has 1 N–H and O–H groups in total. The molecule has 4 rings (SSSR count). The summed E-state index contributed by atoms with van der Waals surface area (Å²) in [5, 5.41) is 14.3. The van der Waals surface area contributed by atoms with Gasteiger partial charge in [0.2, 0.25) is 5.82 Å². The molecule has 0 aliphatic carbocycles. The van der Waals surface area contributed by atoms with E-state index in [1.165, 1.54) is 25.3 Å². The molecule has 11 nitrogen and oxygen atoms in total. The van der Waals surface area contributed by atoms with E-state index in [1.54, 1.807) is 11.0 Å². The van der Waals surface area contributed by atoms with Crippen LogP contribution in [0.15, 0.2) is 24.3 Å². The third-order valence-corrected chi connectivity index (χ3v) is 6.59. The highest BCUT2D eigenvalue weighted by Crippen LogP contribution is 2.38. The van der Waals surface area contributed by atoms with Gasteiger partial charge in [-0.1, -0.05) is 28.2 Å². The van der Waals surface area contributed by atoms with E-state index in [0.29, 0.717) is 37.1 Å². The lowest BCUT2D eigenvalue weighted by atomic mass is 10.1. The van der Waals surface area contributed by atoms with Gasteiger partial charge >= 0.3 is 12.0 Å². The van der Waals surface area contributed by atoms with Crippen LogP contribution in [-0.2, 0) is 4.74 Å². The number of benzene rings is 2. The Morgan fingerprint density at radius 1 is 1.18 bits per heavy atom. The minimum Gasteiger partial charge on any atom is -0.493 e. The number of hydrogen-bond donors (Lipinski definition) is 1. The van der Waals surface area contributed by atoms with Crippen LogP contribution >= 0.6 is 23.2 Å². The van der Waals surface area contributed by atoms with E-state index in [2.05, 4.69) is 15.3 Å². The van der Waals surface area contributed by atoms with E-state index in [1.807, 2.05) is 20.8 Å². The molecular weight excluding hydrogens is 556 g/mol. The van der Waals surface area contributed by atoms with Crippen LogP contribution in [0.5, 0.6) is 11.5 Å². The second-order valence-corrected chi connectivity index (χ2v) is 10.6. The lowest BCUT2D eigenvalue weighted by Crippen LogP contribution is -2.44. The number of piperidine rings is 1. The van der Waals surface area contributed by atoms with Gasteiger partial charge in [-0.2, -0.15) is 0 Å². The fourth-order valence-corrected chi connectivity index (χ4v) is 4.28. The molecule has 0 atom stereocenters. The number of anilines is 2. The summed E-state index contributed by atoms with van der Waals surface area (Å²) in [4.78, 5) is 32.7. The van der Waals surface area contributed by atoms with E-state index in [9.17, 15) is 19.3 Å². The van der Waals surface area contributed by atoms with Gasteiger partial charge in [-0.05, 0) is 42.8 Å². The van der Waals surface area contributed by atoms with Crippen molar-refractivity contribution in [3.8, 4) is 11.5 Å². The van der Waals surface area contributed by atoms with Crippen LogP contribution in [0.3, 0.4) is 0 Å². The zero-order valence-corrected chi connectivity index (χ0v) is 23.1. The number of hydrogen-bond acceptors (Lipinski definition) is 9. The van der Waals surface area contributed by atoms with Crippen molar-refractivity contribution in [1.82, 2.24) is 14.9 Å². The number of rotatable bonds is 6. The van der Waals surface area contributed by atoms with Crippen LogP contribution in [0, 0.1) is 15.9 Å². The van der Waals surface area contributed by atoms with Crippen molar-refractivity contribution in [2.24, 2.45) is 0 Å². The first kappa shape index (κ1) is 28.4. The Morgan fingerprint density at radius 3 is 2.49 bits per heavy atom. The van der Waals surface area contributed by atoms with Crippen LogP contribution in [0.4, 0.5) is 26.6 Å². The average molecular weight is 582 g/mol. The van der Waals surface area contributed by atoms with E-state index in [0.717, 1.165) is 0 Å². The first-order chi connectivity index (χ1) is 18.4. The van der Waals surface area contributed by atoms with Crippen molar-refractivity contribution in [3.63, 3.8) is 0 Å². The van der Waals surface area contributed by atoms with Gasteiger partial charge in [0.1, 0.15) is 11.7 Å². The van der Waals surface area contributed by atoms with E-state index >= 15 is 0 Å². The quantitative estimate of drug-likeness (QED) is 0.196. The molecule has 2 aromatic carbocycles. The molecule has 1 aliphatic rings. The highest BCUT2D eigenvalue weighted by molar-refractivity contribution is 6.42. The number of amides is 1. The zero-order valence-electron chi connectivity index (χ0n) is 21.6. The van der Waals surface area contributed by atoms with Crippen LogP contribution < -0.4 is 14.8 Å². The molecule has 14 heteroatoms. The summed E-state index contributed by atoms with van der Waals surface area (Å²) in [6.07, 6.45) is 0.444. The maximum atomic E-state index is 14.8. The van der Waals surface area contributed by atoms with Crippen LogP contribution in [0.25, 0.3) is 10.9 Å². The summed E-state index contributed by atoms with van der Waals surface area (Å²) in [5.74, 6) is -0.972. The number of carbonyl (C=O) groups excluding carboxylic acids is 1. The summed E-state index contributed by atoms with van der Waals surface area (Å²) < 4.78 is 31.9. The predicted molar refractivity (Wildman–Crippen MR) is 144 cm³/mol. The number of halogens is 3. The third-order valence-electron chi connectivity index (χ3n) is 5.81. The van der Waals surface area contributed by atoms with Gasteiger partial charge in [0.25, 0.3) is 0 Å². The fourth-order valence-electron chi connectivity index (χ4n) is 3.97. The molecule has 0 bridgehead atoms. The molecule has 2 heterocycles. The Balaban J connectivity index is 1.64. The summed E-state index contributed by atoms with van der Waals surface area (Å²) >= 11 is 11.8. The van der Waals surface area contributed by atoms with Gasteiger partial charge in [-0.15, -0.1) is 0 Å². The van der Waals surface area contributed by atoms with Crippen molar-refractivity contribution >= 4 is 57.7 Å². The van der Waals surface area contributed by atoms with Crippen LogP contribution in [0.1, 0.15) is 33.6 Å². The molecule has 0 unspecified atom stereocenters. The highest BCUT2D eigenvalue weighted by Gasteiger charge is 2.29. The van der Waals surface area contributed by atoms with Gasteiger partial charge in [0.05, 0.1) is 28.2 Å². The number of fused-ring (bicyclic) bond motifs is 1. The van der Waals surface area contributed by atoms with Crippen molar-refractivity contribution in [1.29, 1.82) is 0 Å². The number of carbonyl (C=O) groups is 1. The van der Waals surface area contributed by atoms with Crippen molar-refractivity contribution < 1.29 is 28.3 Å². The topological polar surface area (TPSA) is 129 Å². The highest BCUT2D eigenvalue weighted by atomic mass is 35.5. The summed E-state index contributed by atoms with van der Waals surface area (Å²) in [6.45, 7) is 6.31. The number of nitrogens with zero attached hydrogens (tertiary/aromatic N) is 4. The van der Waals surface area contributed by atoms with Gasteiger partial charge in [0.15, 0.2) is 22.8 Å². The molecule has 0 spiro atoms. The van der Waals surface area contributed by atoms with Crippen LogP contribution in [0.2, 0.25) is 10.0 Å². The Hall–Kier alpha value is -3.64. The fraction of sp³-hybridized carbons (Fsp3) is 0.400. The minimum atomic E-state index is -0.847.